The predicted molar refractivity (Wildman–Crippen MR) is 110 cm³/mol. The molecule has 0 radical (unpaired) electrons. The van der Waals surface area contributed by atoms with E-state index in [1.807, 2.05) is 18.2 Å². The largest absolute Gasteiger partial charge is 0.473 e. The first-order valence-corrected chi connectivity index (χ1v) is 10.9. The molecule has 0 atom stereocenters. The number of benzene rings is 2. The van der Waals surface area contributed by atoms with E-state index in [9.17, 15) is 8.42 Å². The highest BCUT2D eigenvalue weighted by Crippen LogP contribution is 2.18. The number of carbonyl (C=O) groups is 2. The molecule has 0 bridgehead atoms. The summed E-state index contributed by atoms with van der Waals surface area (Å²) in [6, 6.07) is 16.9. The number of piperazine rings is 1. The molecule has 2 N–H and O–H groups in total. The summed E-state index contributed by atoms with van der Waals surface area (Å²) in [6.45, 7) is 3.43. The topological polar surface area (TPSA) is 115 Å². The number of hydrogen-bond acceptors (Lipinski definition) is 5. The highest BCUT2D eigenvalue weighted by atomic mass is 79.9. The van der Waals surface area contributed by atoms with Crippen molar-refractivity contribution >= 4 is 37.9 Å². The second kappa shape index (κ2) is 10.5. The van der Waals surface area contributed by atoms with Gasteiger partial charge in [0.2, 0.25) is 10.0 Å². The number of hydrogen-bond donors (Lipinski definition) is 2. The van der Waals surface area contributed by atoms with Crippen molar-refractivity contribution in [3.05, 3.63) is 64.6 Å². The Balaban J connectivity index is 0.000000438. The standard InChI is InChI=1S/C17H19BrN2O2S.C2H2O4/c18-16-8-6-15(7-9-16)14-19-10-12-20(13-11-19)23(21,22)17-4-2-1-3-5-17;3-1(4)2(5)6/h1-9H,10-14H2;(H,3,4)(H,5,6). The van der Waals surface area contributed by atoms with E-state index in [0.717, 1.165) is 24.1 Å². The highest BCUT2D eigenvalue weighted by Gasteiger charge is 2.28. The van der Waals surface area contributed by atoms with Crippen LogP contribution >= 0.6 is 15.9 Å². The summed E-state index contributed by atoms with van der Waals surface area (Å²) in [5.41, 5.74) is 1.24. The Kier molecular flexibility index (Phi) is 8.32. The van der Waals surface area contributed by atoms with Crippen molar-refractivity contribution in [3.63, 3.8) is 0 Å². The van der Waals surface area contributed by atoms with Gasteiger partial charge in [0.25, 0.3) is 0 Å². The fraction of sp³-hybridized carbons (Fsp3) is 0.263. The normalized spacial score (nSPS) is 15.2. The third-order valence-electron chi connectivity index (χ3n) is 4.21. The van der Waals surface area contributed by atoms with Crippen molar-refractivity contribution in [1.82, 2.24) is 9.21 Å². The molecule has 29 heavy (non-hydrogen) atoms. The Morgan fingerprint density at radius 3 is 1.86 bits per heavy atom. The lowest BCUT2D eigenvalue weighted by Crippen LogP contribution is -2.48. The van der Waals surface area contributed by atoms with Gasteiger partial charge < -0.3 is 10.2 Å². The Morgan fingerprint density at radius 1 is 0.862 bits per heavy atom. The van der Waals surface area contributed by atoms with E-state index in [-0.39, 0.29) is 0 Å². The first-order valence-electron chi connectivity index (χ1n) is 8.68. The van der Waals surface area contributed by atoms with E-state index in [0.29, 0.717) is 18.0 Å². The minimum absolute atomic E-state index is 0.376. The molecule has 1 saturated heterocycles. The van der Waals surface area contributed by atoms with Crippen molar-refractivity contribution in [2.45, 2.75) is 11.4 Å². The molecule has 10 heteroatoms. The fourth-order valence-corrected chi connectivity index (χ4v) is 4.43. The van der Waals surface area contributed by atoms with E-state index in [4.69, 9.17) is 19.8 Å². The Labute approximate surface area is 177 Å². The van der Waals surface area contributed by atoms with E-state index >= 15 is 0 Å². The second-order valence-electron chi connectivity index (χ2n) is 6.23. The summed E-state index contributed by atoms with van der Waals surface area (Å²) >= 11 is 3.44. The molecule has 0 spiro atoms. The van der Waals surface area contributed by atoms with Crippen LogP contribution in [0, 0.1) is 0 Å². The molecule has 0 unspecified atom stereocenters. The van der Waals surface area contributed by atoms with Crippen molar-refractivity contribution in [3.8, 4) is 0 Å². The van der Waals surface area contributed by atoms with E-state index in [2.05, 4.69) is 33.0 Å². The minimum Gasteiger partial charge on any atom is -0.473 e. The zero-order valence-corrected chi connectivity index (χ0v) is 17.8. The zero-order valence-electron chi connectivity index (χ0n) is 15.4. The molecule has 2 aromatic carbocycles. The average molecular weight is 485 g/mol. The number of nitrogens with zero attached hydrogens (tertiary/aromatic N) is 2. The van der Waals surface area contributed by atoms with Crippen molar-refractivity contribution in [1.29, 1.82) is 0 Å². The molecule has 156 valence electrons. The van der Waals surface area contributed by atoms with Crippen molar-refractivity contribution in [2.24, 2.45) is 0 Å². The Hall–Kier alpha value is -2.27. The van der Waals surface area contributed by atoms with Gasteiger partial charge in [-0.1, -0.05) is 46.3 Å². The van der Waals surface area contributed by atoms with Gasteiger partial charge in [0.1, 0.15) is 0 Å². The van der Waals surface area contributed by atoms with Gasteiger partial charge >= 0.3 is 11.9 Å². The number of halogens is 1. The van der Waals surface area contributed by atoms with Gasteiger partial charge in [0.15, 0.2) is 0 Å². The third kappa shape index (κ3) is 6.93. The molecule has 2 aromatic rings. The molecule has 0 amide bonds. The van der Waals surface area contributed by atoms with Crippen LogP contribution < -0.4 is 0 Å². The number of carboxylic acids is 2. The van der Waals surface area contributed by atoms with E-state index in [1.165, 1.54) is 5.56 Å². The maximum absolute atomic E-state index is 12.6. The van der Waals surface area contributed by atoms with Crippen LogP contribution in [-0.4, -0.2) is 66.0 Å². The molecule has 0 aromatic heterocycles. The maximum Gasteiger partial charge on any atom is 0.414 e. The molecule has 1 fully saturated rings. The molecular formula is C19H21BrN2O6S. The monoisotopic (exact) mass is 484 g/mol. The number of aliphatic carboxylic acids is 2. The summed E-state index contributed by atoms with van der Waals surface area (Å²) in [7, 11) is -3.36. The van der Waals surface area contributed by atoms with Gasteiger partial charge in [-0.25, -0.2) is 18.0 Å². The van der Waals surface area contributed by atoms with Crippen LogP contribution in [0.1, 0.15) is 5.56 Å². The van der Waals surface area contributed by atoms with Gasteiger partial charge in [-0.05, 0) is 29.8 Å². The highest BCUT2D eigenvalue weighted by molar-refractivity contribution is 9.10. The predicted octanol–water partition coefficient (Wildman–Crippen LogP) is 2.11. The summed E-state index contributed by atoms with van der Waals surface area (Å²) in [4.78, 5) is 20.9. The van der Waals surface area contributed by atoms with Crippen LogP contribution in [-0.2, 0) is 26.2 Å². The molecule has 0 aliphatic carbocycles. The number of rotatable bonds is 4. The first-order chi connectivity index (χ1) is 13.7. The first kappa shape index (κ1) is 23.0. The molecular weight excluding hydrogens is 464 g/mol. The van der Waals surface area contributed by atoms with Crippen LogP contribution in [0.4, 0.5) is 0 Å². The smallest absolute Gasteiger partial charge is 0.414 e. The maximum atomic E-state index is 12.6. The van der Waals surface area contributed by atoms with Gasteiger partial charge in [0, 0.05) is 37.2 Å². The average Bonchev–Trinajstić information content (AvgIpc) is 2.71. The van der Waals surface area contributed by atoms with Gasteiger partial charge in [0.05, 0.1) is 4.90 Å². The Bertz CT molecular complexity index is 915. The quantitative estimate of drug-likeness (QED) is 0.638. The molecule has 1 aliphatic heterocycles. The third-order valence-corrected chi connectivity index (χ3v) is 6.66. The van der Waals surface area contributed by atoms with Gasteiger partial charge in [-0.2, -0.15) is 4.31 Å². The zero-order chi connectivity index (χ0) is 21.4. The Morgan fingerprint density at radius 2 is 1.38 bits per heavy atom. The lowest BCUT2D eigenvalue weighted by molar-refractivity contribution is -0.159. The molecule has 3 rings (SSSR count). The number of carboxylic acid groups (broad SMARTS) is 2. The van der Waals surface area contributed by atoms with Gasteiger partial charge in [-0.3, -0.25) is 4.90 Å². The number of sulfonamides is 1. The van der Waals surface area contributed by atoms with Crippen LogP contribution in [0.25, 0.3) is 0 Å². The van der Waals surface area contributed by atoms with Crippen LogP contribution in [0.15, 0.2) is 64.0 Å². The summed E-state index contributed by atoms with van der Waals surface area (Å²) < 4.78 is 27.8. The second-order valence-corrected chi connectivity index (χ2v) is 9.08. The summed E-state index contributed by atoms with van der Waals surface area (Å²) in [6.07, 6.45) is 0. The van der Waals surface area contributed by atoms with Crippen LogP contribution in [0.2, 0.25) is 0 Å². The van der Waals surface area contributed by atoms with E-state index < -0.39 is 22.0 Å². The lowest BCUT2D eigenvalue weighted by atomic mass is 10.2. The van der Waals surface area contributed by atoms with Crippen LogP contribution in [0.3, 0.4) is 0 Å². The summed E-state index contributed by atoms with van der Waals surface area (Å²) in [5, 5.41) is 14.8. The molecule has 8 nitrogen and oxygen atoms in total. The van der Waals surface area contributed by atoms with Crippen LogP contribution in [0.5, 0.6) is 0 Å². The molecule has 0 saturated carbocycles. The van der Waals surface area contributed by atoms with Crippen molar-refractivity contribution in [2.75, 3.05) is 26.2 Å². The summed E-state index contributed by atoms with van der Waals surface area (Å²) in [5.74, 6) is -3.65. The van der Waals surface area contributed by atoms with Gasteiger partial charge in [-0.15, -0.1) is 0 Å². The molecule has 1 heterocycles. The van der Waals surface area contributed by atoms with Crippen molar-refractivity contribution < 1.29 is 28.2 Å². The SMILES string of the molecule is O=C(O)C(=O)O.O=S(=O)(c1ccccc1)N1CCN(Cc2ccc(Br)cc2)CC1. The minimum atomic E-state index is -3.36. The lowest BCUT2D eigenvalue weighted by Gasteiger charge is -2.34. The molecule has 1 aliphatic rings. The fourth-order valence-electron chi connectivity index (χ4n) is 2.72. The van der Waals surface area contributed by atoms with E-state index in [1.54, 1.807) is 28.6 Å².